The summed E-state index contributed by atoms with van der Waals surface area (Å²) in [6, 6.07) is 9.59. The van der Waals surface area contributed by atoms with E-state index in [0.717, 1.165) is 12.8 Å². The van der Waals surface area contributed by atoms with Gasteiger partial charge in [-0.25, -0.2) is 4.79 Å². The Balaban J connectivity index is 1.72. The molecule has 1 aliphatic rings. The third kappa shape index (κ3) is 4.20. The lowest BCUT2D eigenvalue weighted by Crippen LogP contribution is -2.26. The zero-order valence-corrected chi connectivity index (χ0v) is 13.6. The van der Waals surface area contributed by atoms with Crippen molar-refractivity contribution in [3.05, 3.63) is 59.4 Å². The summed E-state index contributed by atoms with van der Waals surface area (Å²) in [5, 5.41) is 5.52. The highest BCUT2D eigenvalue weighted by molar-refractivity contribution is 6.06. The van der Waals surface area contributed by atoms with Crippen LogP contribution in [0.15, 0.2) is 42.6 Å². The summed E-state index contributed by atoms with van der Waals surface area (Å²) in [7, 11) is 1.29. The number of carbonyl (C=O) groups excluding carboxylic acids is 3. The molecule has 0 bridgehead atoms. The second kappa shape index (κ2) is 7.12. The molecule has 2 N–H and O–H groups in total. The Labute approximate surface area is 144 Å². The van der Waals surface area contributed by atoms with Crippen molar-refractivity contribution in [1.29, 1.82) is 0 Å². The number of nitrogens with zero attached hydrogens (tertiary/aromatic N) is 1. The molecule has 2 aromatic rings. The van der Waals surface area contributed by atoms with Crippen LogP contribution in [0.1, 0.15) is 44.0 Å². The first-order valence-electron chi connectivity index (χ1n) is 7.83. The van der Waals surface area contributed by atoms with Crippen LogP contribution in [0.4, 0.5) is 5.69 Å². The fourth-order valence-electron chi connectivity index (χ4n) is 2.23. The number of rotatable bonds is 5. The number of carbonyl (C=O) groups is 3. The molecule has 0 unspecified atom stereocenters. The van der Waals surface area contributed by atoms with Crippen molar-refractivity contribution < 1.29 is 19.1 Å². The third-order valence-electron chi connectivity index (χ3n) is 3.71. The van der Waals surface area contributed by atoms with Gasteiger partial charge in [0, 0.05) is 23.5 Å². The SMILES string of the molecule is COC(=O)c1cccc(NC(=O)c2ccnc(C(=O)NC3CC3)c2)c1. The van der Waals surface area contributed by atoms with Crippen LogP contribution in [-0.4, -0.2) is 35.9 Å². The molecule has 1 aliphatic carbocycles. The first kappa shape index (κ1) is 16.6. The van der Waals surface area contributed by atoms with E-state index in [1.54, 1.807) is 18.2 Å². The number of methoxy groups -OCH3 is 1. The maximum absolute atomic E-state index is 12.4. The average Bonchev–Trinajstić information content (AvgIpc) is 3.45. The number of benzene rings is 1. The van der Waals surface area contributed by atoms with Crippen LogP contribution in [0, 0.1) is 0 Å². The Morgan fingerprint density at radius 2 is 1.88 bits per heavy atom. The van der Waals surface area contributed by atoms with Crippen LogP contribution >= 0.6 is 0 Å². The van der Waals surface area contributed by atoms with Gasteiger partial charge in [0.2, 0.25) is 0 Å². The van der Waals surface area contributed by atoms with E-state index in [1.165, 1.54) is 31.5 Å². The van der Waals surface area contributed by atoms with Crippen molar-refractivity contribution in [2.24, 2.45) is 0 Å². The Morgan fingerprint density at radius 1 is 1.08 bits per heavy atom. The van der Waals surface area contributed by atoms with Gasteiger partial charge in [-0.15, -0.1) is 0 Å². The first-order chi connectivity index (χ1) is 12.1. The third-order valence-corrected chi connectivity index (χ3v) is 3.71. The molecule has 0 radical (unpaired) electrons. The minimum atomic E-state index is -0.487. The molecular formula is C18H17N3O4. The number of hydrogen-bond acceptors (Lipinski definition) is 5. The van der Waals surface area contributed by atoms with Gasteiger partial charge in [0.15, 0.2) is 0 Å². The van der Waals surface area contributed by atoms with Gasteiger partial charge in [-0.1, -0.05) is 6.07 Å². The van der Waals surface area contributed by atoms with Crippen LogP contribution in [-0.2, 0) is 4.74 Å². The molecule has 3 rings (SSSR count). The number of nitrogens with one attached hydrogen (secondary N) is 2. The largest absolute Gasteiger partial charge is 0.465 e. The summed E-state index contributed by atoms with van der Waals surface area (Å²) in [6.07, 6.45) is 3.37. The molecule has 128 valence electrons. The standard InChI is InChI=1S/C18H17N3O4/c1-25-18(24)12-3-2-4-14(9-12)21-16(22)11-7-8-19-15(10-11)17(23)20-13-5-6-13/h2-4,7-10,13H,5-6H2,1H3,(H,20,23)(H,21,22). The fraction of sp³-hybridized carbons (Fsp3) is 0.222. The number of hydrogen-bond donors (Lipinski definition) is 2. The number of pyridine rings is 1. The van der Waals surface area contributed by atoms with E-state index < -0.39 is 11.9 Å². The summed E-state index contributed by atoms with van der Waals surface area (Å²) >= 11 is 0. The molecule has 25 heavy (non-hydrogen) atoms. The van der Waals surface area contributed by atoms with E-state index >= 15 is 0 Å². The lowest BCUT2D eigenvalue weighted by Gasteiger charge is -2.08. The van der Waals surface area contributed by atoms with Crippen LogP contribution in [0.25, 0.3) is 0 Å². The molecule has 1 heterocycles. The Bertz CT molecular complexity index is 831. The van der Waals surface area contributed by atoms with Crippen LogP contribution in [0.2, 0.25) is 0 Å². The van der Waals surface area contributed by atoms with Gasteiger partial charge in [-0.2, -0.15) is 0 Å². The quantitative estimate of drug-likeness (QED) is 0.812. The Kier molecular flexibility index (Phi) is 4.74. The molecule has 0 saturated heterocycles. The van der Waals surface area contributed by atoms with Crippen molar-refractivity contribution in [1.82, 2.24) is 10.3 Å². The zero-order valence-electron chi connectivity index (χ0n) is 13.6. The molecule has 7 nitrogen and oxygen atoms in total. The molecule has 0 aliphatic heterocycles. The molecule has 1 fully saturated rings. The maximum Gasteiger partial charge on any atom is 0.337 e. The minimum absolute atomic E-state index is 0.197. The smallest absolute Gasteiger partial charge is 0.337 e. The summed E-state index contributed by atoms with van der Waals surface area (Å²) in [4.78, 5) is 40.0. The van der Waals surface area contributed by atoms with Gasteiger partial charge in [-0.3, -0.25) is 14.6 Å². The van der Waals surface area contributed by atoms with Crippen LogP contribution in [0.5, 0.6) is 0 Å². The highest BCUT2D eigenvalue weighted by atomic mass is 16.5. The van der Waals surface area contributed by atoms with Gasteiger partial charge in [0.25, 0.3) is 11.8 Å². The number of anilines is 1. The zero-order chi connectivity index (χ0) is 17.8. The predicted molar refractivity (Wildman–Crippen MR) is 90.5 cm³/mol. The highest BCUT2D eigenvalue weighted by Gasteiger charge is 2.24. The normalized spacial score (nSPS) is 13.0. The van der Waals surface area contributed by atoms with Crippen molar-refractivity contribution in [2.75, 3.05) is 12.4 Å². The molecule has 1 aromatic heterocycles. The van der Waals surface area contributed by atoms with Crippen molar-refractivity contribution >= 4 is 23.5 Å². The summed E-state index contributed by atoms with van der Waals surface area (Å²) in [6.45, 7) is 0. The topological polar surface area (TPSA) is 97.4 Å². The average molecular weight is 339 g/mol. The summed E-state index contributed by atoms with van der Waals surface area (Å²) < 4.78 is 4.66. The monoisotopic (exact) mass is 339 g/mol. The van der Waals surface area contributed by atoms with Gasteiger partial charge in [0.05, 0.1) is 12.7 Å². The van der Waals surface area contributed by atoms with Crippen molar-refractivity contribution in [3.63, 3.8) is 0 Å². The van der Waals surface area contributed by atoms with E-state index in [1.807, 2.05) is 0 Å². The van der Waals surface area contributed by atoms with E-state index in [0.29, 0.717) is 16.8 Å². The first-order valence-corrected chi connectivity index (χ1v) is 7.83. The van der Waals surface area contributed by atoms with E-state index in [4.69, 9.17) is 0 Å². The molecule has 2 amide bonds. The second-order valence-corrected chi connectivity index (χ2v) is 5.70. The van der Waals surface area contributed by atoms with Crippen LogP contribution < -0.4 is 10.6 Å². The molecule has 1 saturated carbocycles. The van der Waals surface area contributed by atoms with Gasteiger partial charge < -0.3 is 15.4 Å². The number of ether oxygens (including phenoxy) is 1. The second-order valence-electron chi connectivity index (χ2n) is 5.70. The molecular weight excluding hydrogens is 322 g/mol. The lowest BCUT2D eigenvalue weighted by molar-refractivity contribution is 0.0600. The van der Waals surface area contributed by atoms with E-state index in [9.17, 15) is 14.4 Å². The fourth-order valence-corrected chi connectivity index (χ4v) is 2.23. The predicted octanol–water partition coefficient (Wildman–Crippen LogP) is 2.01. The van der Waals surface area contributed by atoms with E-state index in [-0.39, 0.29) is 17.6 Å². The lowest BCUT2D eigenvalue weighted by atomic mass is 10.1. The highest BCUT2D eigenvalue weighted by Crippen LogP contribution is 2.19. The van der Waals surface area contributed by atoms with Crippen molar-refractivity contribution in [3.8, 4) is 0 Å². The maximum atomic E-state index is 12.4. The number of amides is 2. The van der Waals surface area contributed by atoms with Crippen molar-refractivity contribution in [2.45, 2.75) is 18.9 Å². The summed E-state index contributed by atoms with van der Waals surface area (Å²) in [5.74, 6) is -1.17. The van der Waals surface area contributed by atoms with E-state index in [2.05, 4.69) is 20.4 Å². The number of esters is 1. The molecule has 0 spiro atoms. The Hall–Kier alpha value is -3.22. The van der Waals surface area contributed by atoms with Gasteiger partial charge in [0.1, 0.15) is 5.69 Å². The van der Waals surface area contributed by atoms with Gasteiger partial charge in [-0.05, 0) is 43.2 Å². The Morgan fingerprint density at radius 3 is 2.60 bits per heavy atom. The van der Waals surface area contributed by atoms with Gasteiger partial charge >= 0.3 is 5.97 Å². The molecule has 0 atom stereocenters. The number of aromatic nitrogens is 1. The van der Waals surface area contributed by atoms with Crippen LogP contribution in [0.3, 0.4) is 0 Å². The molecule has 1 aromatic carbocycles. The summed E-state index contributed by atoms with van der Waals surface area (Å²) in [5.41, 5.74) is 1.29. The molecule has 7 heteroatoms. The minimum Gasteiger partial charge on any atom is -0.465 e.